The summed E-state index contributed by atoms with van der Waals surface area (Å²) in [5, 5.41) is 0.706. The van der Waals surface area contributed by atoms with E-state index >= 15 is 0 Å². The van der Waals surface area contributed by atoms with Crippen LogP contribution in [-0.2, 0) is 129 Å². The molecule has 4 aliphatic carbocycles. The normalized spacial score (nSPS) is 21.0. The van der Waals surface area contributed by atoms with Crippen molar-refractivity contribution in [3.8, 4) is 28.7 Å². The number of amides is 4. The number of carbonyl (C=O) groups excluding carboxylic acids is 12. The van der Waals surface area contributed by atoms with E-state index in [2.05, 4.69) is 43.9 Å². The predicted molar refractivity (Wildman–Crippen MR) is 500 cm³/mol. The number of carbonyl (C=O) groups is 12. The maximum absolute atomic E-state index is 14.7. The first-order valence-electron chi connectivity index (χ1n) is 47.6. The Labute approximate surface area is 799 Å². The largest absolute Gasteiger partial charge is 0.492 e. The van der Waals surface area contributed by atoms with Gasteiger partial charge in [-0.25, -0.2) is 4.39 Å². The molecule has 0 aromatic heterocycles. The number of morpholine rings is 4. The number of ketones is 8. The lowest BCUT2D eigenvalue weighted by atomic mass is 9.92. The third-order valence-corrected chi connectivity index (χ3v) is 27.8. The monoisotopic (exact) mass is 1890 g/mol. The fourth-order valence-electron chi connectivity index (χ4n) is 19.6. The van der Waals surface area contributed by atoms with Gasteiger partial charge in [0.05, 0.1) is 129 Å². The van der Waals surface area contributed by atoms with Crippen molar-refractivity contribution in [1.82, 2.24) is 39.2 Å². The van der Waals surface area contributed by atoms with Crippen LogP contribution in [-0.4, -0.2) is 258 Å². The van der Waals surface area contributed by atoms with E-state index in [-0.39, 0.29) is 115 Å². The molecule has 718 valence electrons. The Kier molecular flexibility index (Phi) is 32.0. The van der Waals surface area contributed by atoms with Crippen molar-refractivity contribution >= 4 is 81.5 Å². The summed E-state index contributed by atoms with van der Waals surface area (Å²) in [5.41, 5.74) is 12.0. The number of ether oxygens (including phenoxy) is 9. The Hall–Kier alpha value is -12.1. The number of hydrogen-bond donors (Lipinski definition) is 0. The summed E-state index contributed by atoms with van der Waals surface area (Å²) in [6.07, 6.45) is 3.56. The van der Waals surface area contributed by atoms with Gasteiger partial charge < -0.3 is 62.2 Å². The number of benzene rings is 8. The van der Waals surface area contributed by atoms with Gasteiger partial charge in [-0.3, -0.25) is 77.1 Å². The third-order valence-electron chi connectivity index (χ3n) is 27.4. The number of nitrogens with zero attached hydrogens (tertiary/aromatic N) is 8. The molecule has 4 saturated carbocycles. The first-order chi connectivity index (χ1) is 66.6. The summed E-state index contributed by atoms with van der Waals surface area (Å²) >= 11 is 6.55. The SMILES string of the molecule is O=C1CCC(N2Cc3c(OCc4ccc(CCN5CCOCC5)cc4)cccc3C2=O)C(=O)C1.O=C1CCC(N2Cc3c(OCc4ccc(CN5CCOCC5)c(Cl)c4)cccc3C2=O)C(=O)C1.O=C1CCC(N2Cc3c(OCc4ccc(CN5CCOCC5)c(F)c4)cccc3C2=O)C(=O)C1.O=C1CCC(N2Cc3c(OCc4ccc(OCCN5CCOCC5)cc4)cccc3C2=O)C(=O)C1. The minimum atomic E-state index is -0.571. The van der Waals surface area contributed by atoms with Crippen molar-refractivity contribution in [2.45, 2.75) is 173 Å². The van der Waals surface area contributed by atoms with E-state index in [0.717, 1.165) is 168 Å². The van der Waals surface area contributed by atoms with Crippen LogP contribution in [0, 0.1) is 5.82 Å². The molecule has 0 radical (unpaired) electrons. The molecule has 137 heavy (non-hydrogen) atoms. The van der Waals surface area contributed by atoms with Gasteiger partial charge in [0.15, 0.2) is 23.1 Å². The highest BCUT2D eigenvalue weighted by atomic mass is 35.5. The highest BCUT2D eigenvalue weighted by Gasteiger charge is 2.45. The maximum atomic E-state index is 14.7. The van der Waals surface area contributed by atoms with Crippen molar-refractivity contribution in [3.05, 3.63) is 252 Å². The Balaban J connectivity index is 0.000000127. The number of Topliss-reactive ketones (excluding diaryl/α,β-unsaturated/α-hetero) is 8. The molecule has 4 amide bonds. The number of fused-ring (bicyclic) bond motifs is 4. The van der Waals surface area contributed by atoms with Crippen LogP contribution < -0.4 is 23.7 Å². The summed E-state index contributed by atoms with van der Waals surface area (Å²) in [5.74, 6) is 1.40. The van der Waals surface area contributed by atoms with Gasteiger partial charge in [0.25, 0.3) is 23.6 Å². The molecular formula is C106H114ClFN8O21. The Bertz CT molecular complexity index is 5660. The molecule has 4 unspecified atom stereocenters. The lowest BCUT2D eigenvalue weighted by molar-refractivity contribution is -0.134. The Morgan fingerprint density at radius 2 is 0.620 bits per heavy atom. The summed E-state index contributed by atoms with van der Waals surface area (Å²) in [6, 6.07) is 46.8. The molecule has 4 saturated heterocycles. The van der Waals surface area contributed by atoms with Gasteiger partial charge in [0, 0.05) is 159 Å². The summed E-state index contributed by atoms with van der Waals surface area (Å²) < 4.78 is 66.4. The zero-order valence-electron chi connectivity index (χ0n) is 76.9. The fourth-order valence-corrected chi connectivity index (χ4v) is 19.8. The second-order valence-electron chi connectivity index (χ2n) is 36.6. The molecule has 0 N–H and O–H groups in total. The minimum absolute atomic E-state index is 0.0402. The van der Waals surface area contributed by atoms with Crippen LogP contribution in [0.15, 0.2) is 158 Å². The molecule has 0 bridgehead atoms. The third kappa shape index (κ3) is 24.0. The molecule has 20 rings (SSSR count). The van der Waals surface area contributed by atoms with E-state index in [1.165, 1.54) is 11.6 Å². The molecular weight excluding hydrogens is 1780 g/mol. The minimum Gasteiger partial charge on any atom is -0.492 e. The van der Waals surface area contributed by atoms with E-state index in [9.17, 15) is 61.9 Å². The van der Waals surface area contributed by atoms with Crippen LogP contribution >= 0.6 is 11.6 Å². The summed E-state index contributed by atoms with van der Waals surface area (Å²) in [4.78, 5) is 163. The zero-order valence-corrected chi connectivity index (χ0v) is 77.7. The van der Waals surface area contributed by atoms with Crippen LogP contribution in [0.3, 0.4) is 0 Å². The van der Waals surface area contributed by atoms with Gasteiger partial charge in [0.2, 0.25) is 0 Å². The lowest BCUT2D eigenvalue weighted by Gasteiger charge is -2.29. The topological polar surface area (TPSA) is 314 Å². The highest BCUT2D eigenvalue weighted by Crippen LogP contribution is 2.41. The number of halogens is 2. The van der Waals surface area contributed by atoms with Gasteiger partial charge in [-0.2, -0.15) is 0 Å². The molecule has 31 heteroatoms. The van der Waals surface area contributed by atoms with Crippen molar-refractivity contribution < 1.29 is 105 Å². The van der Waals surface area contributed by atoms with Crippen LogP contribution in [0.2, 0.25) is 5.02 Å². The smallest absolute Gasteiger partial charge is 0.255 e. The first-order valence-corrected chi connectivity index (χ1v) is 48.0. The number of hydrogen-bond acceptors (Lipinski definition) is 25. The lowest BCUT2D eigenvalue weighted by Crippen LogP contribution is -2.44. The van der Waals surface area contributed by atoms with Crippen LogP contribution in [0.25, 0.3) is 0 Å². The van der Waals surface area contributed by atoms with Crippen molar-refractivity contribution in [2.75, 3.05) is 125 Å². The fraction of sp³-hybridized carbons (Fsp3) is 0.434. The van der Waals surface area contributed by atoms with Gasteiger partial charge in [-0.1, -0.05) is 96.5 Å². The highest BCUT2D eigenvalue weighted by molar-refractivity contribution is 6.31. The van der Waals surface area contributed by atoms with E-state index in [4.69, 9.17) is 54.2 Å². The second kappa shape index (κ2) is 45.5. The van der Waals surface area contributed by atoms with Crippen molar-refractivity contribution in [1.29, 1.82) is 0 Å². The average Bonchev–Trinajstić information content (AvgIpc) is 1.64. The molecule has 8 aliphatic heterocycles. The maximum Gasteiger partial charge on any atom is 0.255 e. The van der Waals surface area contributed by atoms with Gasteiger partial charge in [-0.15, -0.1) is 0 Å². The summed E-state index contributed by atoms with van der Waals surface area (Å²) in [6.45, 7) is 19.7. The molecule has 0 spiro atoms. The summed E-state index contributed by atoms with van der Waals surface area (Å²) in [7, 11) is 0. The van der Waals surface area contributed by atoms with E-state index in [1.807, 2.05) is 72.8 Å². The molecule has 8 aromatic rings. The van der Waals surface area contributed by atoms with Gasteiger partial charge >= 0.3 is 0 Å². The van der Waals surface area contributed by atoms with Crippen molar-refractivity contribution in [2.24, 2.45) is 0 Å². The molecule has 8 aromatic carbocycles. The second-order valence-corrected chi connectivity index (χ2v) is 37.0. The molecule has 4 atom stereocenters. The van der Waals surface area contributed by atoms with E-state index in [0.29, 0.717) is 179 Å². The molecule has 8 heterocycles. The molecule has 12 aliphatic rings. The number of rotatable bonds is 27. The van der Waals surface area contributed by atoms with Gasteiger partial charge in [0.1, 0.15) is 90.7 Å². The molecule has 8 fully saturated rings. The van der Waals surface area contributed by atoms with Crippen LogP contribution in [0.1, 0.15) is 180 Å². The average molecular weight is 1890 g/mol. The Morgan fingerprint density at radius 1 is 0.321 bits per heavy atom. The van der Waals surface area contributed by atoms with Crippen LogP contribution in [0.4, 0.5) is 4.39 Å². The van der Waals surface area contributed by atoms with E-state index < -0.39 is 24.2 Å². The quantitative estimate of drug-likeness (QED) is 0.0432. The predicted octanol–water partition coefficient (Wildman–Crippen LogP) is 11.7. The molecule has 29 nitrogen and oxygen atoms in total. The van der Waals surface area contributed by atoms with Crippen LogP contribution in [0.5, 0.6) is 28.7 Å². The van der Waals surface area contributed by atoms with E-state index in [1.54, 1.807) is 74.2 Å². The first kappa shape index (κ1) is 96.6. The Morgan fingerprint density at radius 3 is 0.964 bits per heavy atom. The standard InChI is InChI=1S/C27H30N2O6.C27H30N2O5.C26H27ClN2O5.C26H27FN2O5/c30-20-6-9-24(25(31)16-20)29-17-23-22(27(29)32)2-1-3-26(23)35-18-19-4-7-21(8-5-19)34-15-12-28-10-13-33-14-11-28;30-21-8-9-24(25(31)16-21)29-17-23-22(27(29)32)2-1-3-26(23)34-18-20-6-4-19(5-7-20)10-11-28-12-14-33-15-13-28;2*27-22-12-17(4-5-18(22)14-28-8-10-33-11-9-28)16-34-25-3-1-2-20-21(25)15-29(26(20)32)23-7-6-19(30)13-24(23)31/h1-5,7-8,24H,6,9-18H2;1-7,24H,8-18H2;2*1-5,12,23H,6-11,13-16H2. The van der Waals surface area contributed by atoms with Gasteiger partial charge in [-0.05, 0) is 138 Å². The zero-order chi connectivity index (χ0) is 95.0. The van der Waals surface area contributed by atoms with Crippen molar-refractivity contribution in [3.63, 3.8) is 0 Å².